The predicted octanol–water partition coefficient (Wildman–Crippen LogP) is 2.43. The number of nitrogens with zero attached hydrogens (tertiary/aromatic N) is 1. The number of aromatic nitrogens is 1. The van der Waals surface area contributed by atoms with E-state index in [4.69, 9.17) is 5.73 Å². The Balaban J connectivity index is 2.19. The molecule has 1 heterocycles. The first-order valence-corrected chi connectivity index (χ1v) is 8.70. The molecule has 7 heteroatoms. The Morgan fingerprint density at radius 1 is 1.26 bits per heavy atom. The molecule has 0 spiro atoms. The van der Waals surface area contributed by atoms with Crippen LogP contribution in [0.25, 0.3) is 0 Å². The fraction of sp³-hybridized carbons (Fsp3) is 0.583. The SMILES string of the molecule is Nc1ncc(Br)cc1S(=O)(=O)NC1CCCCCC1. The highest BCUT2D eigenvalue weighted by Gasteiger charge is 2.23. The number of nitrogens with one attached hydrogen (secondary N) is 1. The zero-order chi connectivity index (χ0) is 13.9. The summed E-state index contributed by atoms with van der Waals surface area (Å²) >= 11 is 3.22. The number of halogens is 1. The van der Waals surface area contributed by atoms with Gasteiger partial charge >= 0.3 is 0 Å². The van der Waals surface area contributed by atoms with Gasteiger partial charge < -0.3 is 5.73 Å². The number of rotatable bonds is 3. The maximum absolute atomic E-state index is 12.3. The highest BCUT2D eigenvalue weighted by Crippen LogP contribution is 2.23. The average Bonchev–Trinajstić information content (AvgIpc) is 2.60. The van der Waals surface area contributed by atoms with Gasteiger partial charge in [0, 0.05) is 16.7 Å². The van der Waals surface area contributed by atoms with E-state index in [1.165, 1.54) is 25.1 Å². The predicted molar refractivity (Wildman–Crippen MR) is 78.2 cm³/mol. The second-order valence-corrected chi connectivity index (χ2v) is 7.44. The molecule has 0 atom stereocenters. The molecule has 0 unspecified atom stereocenters. The van der Waals surface area contributed by atoms with E-state index in [1.807, 2.05) is 0 Å². The van der Waals surface area contributed by atoms with Gasteiger partial charge in [-0.05, 0) is 34.8 Å². The van der Waals surface area contributed by atoms with Crippen LogP contribution in [0.5, 0.6) is 0 Å². The normalized spacial score (nSPS) is 18.2. The summed E-state index contributed by atoms with van der Waals surface area (Å²) in [7, 11) is -3.60. The molecule has 0 radical (unpaired) electrons. The molecule has 5 nitrogen and oxygen atoms in total. The summed E-state index contributed by atoms with van der Waals surface area (Å²) in [5.74, 6) is 0.0318. The fourth-order valence-electron chi connectivity index (χ4n) is 2.33. The maximum atomic E-state index is 12.3. The molecular weight excluding hydrogens is 330 g/mol. The van der Waals surface area contributed by atoms with Gasteiger partial charge in [-0.2, -0.15) is 0 Å². The average molecular weight is 348 g/mol. The lowest BCUT2D eigenvalue weighted by molar-refractivity contribution is 0.510. The highest BCUT2D eigenvalue weighted by atomic mass is 79.9. The fourth-order valence-corrected chi connectivity index (χ4v) is 4.22. The van der Waals surface area contributed by atoms with Gasteiger partial charge in [0.1, 0.15) is 10.7 Å². The van der Waals surface area contributed by atoms with Crippen LogP contribution in [0.15, 0.2) is 21.6 Å². The Bertz CT molecular complexity index is 540. The van der Waals surface area contributed by atoms with E-state index in [-0.39, 0.29) is 16.8 Å². The zero-order valence-electron chi connectivity index (χ0n) is 10.6. The first kappa shape index (κ1) is 14.7. The van der Waals surface area contributed by atoms with Crippen molar-refractivity contribution in [3.8, 4) is 0 Å². The molecule has 0 aliphatic heterocycles. The number of pyridine rings is 1. The number of nitrogen functional groups attached to an aromatic ring is 1. The topological polar surface area (TPSA) is 85.1 Å². The molecule has 1 saturated carbocycles. The van der Waals surface area contributed by atoms with Crippen LogP contribution in [0, 0.1) is 0 Å². The molecule has 0 amide bonds. The quantitative estimate of drug-likeness (QED) is 0.822. The third-order valence-electron chi connectivity index (χ3n) is 3.31. The number of anilines is 1. The summed E-state index contributed by atoms with van der Waals surface area (Å²) in [6, 6.07) is 1.49. The van der Waals surface area contributed by atoms with Crippen LogP contribution in [0.1, 0.15) is 38.5 Å². The molecular formula is C12H18BrN3O2S. The van der Waals surface area contributed by atoms with Crippen molar-refractivity contribution >= 4 is 31.8 Å². The van der Waals surface area contributed by atoms with Gasteiger partial charge in [0.15, 0.2) is 0 Å². The lowest BCUT2D eigenvalue weighted by Gasteiger charge is -2.17. The summed E-state index contributed by atoms with van der Waals surface area (Å²) in [6.45, 7) is 0. The number of sulfonamides is 1. The monoisotopic (exact) mass is 347 g/mol. The first-order chi connectivity index (χ1) is 8.99. The number of hydrogen-bond donors (Lipinski definition) is 2. The Morgan fingerprint density at radius 3 is 2.53 bits per heavy atom. The van der Waals surface area contributed by atoms with E-state index < -0.39 is 10.0 Å². The van der Waals surface area contributed by atoms with Gasteiger partial charge in [-0.3, -0.25) is 0 Å². The minimum absolute atomic E-state index is 0.00545. The van der Waals surface area contributed by atoms with Crippen molar-refractivity contribution in [1.82, 2.24) is 9.71 Å². The third kappa shape index (κ3) is 3.90. The minimum atomic E-state index is -3.60. The van der Waals surface area contributed by atoms with Crippen molar-refractivity contribution in [3.05, 3.63) is 16.7 Å². The molecule has 19 heavy (non-hydrogen) atoms. The molecule has 0 bridgehead atoms. The molecule has 1 aliphatic rings. The Morgan fingerprint density at radius 2 is 1.89 bits per heavy atom. The number of nitrogens with two attached hydrogens (primary N) is 1. The molecule has 2 rings (SSSR count). The van der Waals surface area contributed by atoms with E-state index in [9.17, 15) is 8.42 Å². The lowest BCUT2D eigenvalue weighted by atomic mass is 10.1. The van der Waals surface area contributed by atoms with Gasteiger partial charge in [-0.1, -0.05) is 25.7 Å². The van der Waals surface area contributed by atoms with E-state index in [0.29, 0.717) is 4.47 Å². The van der Waals surface area contributed by atoms with E-state index in [0.717, 1.165) is 25.7 Å². The molecule has 1 fully saturated rings. The van der Waals surface area contributed by atoms with Crippen LogP contribution in [0.2, 0.25) is 0 Å². The van der Waals surface area contributed by atoms with Crippen LogP contribution >= 0.6 is 15.9 Å². The van der Waals surface area contributed by atoms with Crippen LogP contribution < -0.4 is 10.5 Å². The summed E-state index contributed by atoms with van der Waals surface area (Å²) in [4.78, 5) is 3.92. The van der Waals surface area contributed by atoms with Crippen molar-refractivity contribution in [2.75, 3.05) is 5.73 Å². The molecule has 0 aromatic carbocycles. The maximum Gasteiger partial charge on any atom is 0.244 e. The van der Waals surface area contributed by atoms with Gasteiger partial charge in [0.2, 0.25) is 10.0 Å². The van der Waals surface area contributed by atoms with Crippen molar-refractivity contribution in [3.63, 3.8) is 0 Å². The third-order valence-corrected chi connectivity index (χ3v) is 5.30. The second-order valence-electron chi connectivity index (χ2n) is 4.85. The summed E-state index contributed by atoms with van der Waals surface area (Å²) in [6.07, 6.45) is 7.76. The van der Waals surface area contributed by atoms with Crippen molar-refractivity contribution in [2.45, 2.75) is 49.5 Å². The number of hydrogen-bond acceptors (Lipinski definition) is 4. The van der Waals surface area contributed by atoms with E-state index in [1.54, 1.807) is 0 Å². The summed E-state index contributed by atoms with van der Waals surface area (Å²) in [5, 5.41) is 0. The molecule has 1 aromatic rings. The molecule has 1 aromatic heterocycles. The largest absolute Gasteiger partial charge is 0.383 e. The van der Waals surface area contributed by atoms with Crippen molar-refractivity contribution in [2.24, 2.45) is 0 Å². The van der Waals surface area contributed by atoms with Crippen LogP contribution in [0.3, 0.4) is 0 Å². The Labute approximate surface area is 122 Å². The van der Waals surface area contributed by atoms with Gasteiger partial charge in [-0.25, -0.2) is 18.1 Å². The van der Waals surface area contributed by atoms with Gasteiger partial charge in [0.05, 0.1) is 0 Å². The molecule has 1 aliphatic carbocycles. The van der Waals surface area contributed by atoms with E-state index >= 15 is 0 Å². The Hall–Kier alpha value is -0.660. The van der Waals surface area contributed by atoms with E-state index in [2.05, 4.69) is 25.6 Å². The van der Waals surface area contributed by atoms with Crippen molar-refractivity contribution < 1.29 is 8.42 Å². The van der Waals surface area contributed by atoms with Crippen LogP contribution in [0.4, 0.5) is 5.82 Å². The first-order valence-electron chi connectivity index (χ1n) is 6.42. The molecule has 3 N–H and O–H groups in total. The minimum Gasteiger partial charge on any atom is -0.383 e. The zero-order valence-corrected chi connectivity index (χ0v) is 13.0. The molecule has 0 saturated heterocycles. The highest BCUT2D eigenvalue weighted by molar-refractivity contribution is 9.10. The standard InChI is InChI=1S/C12H18BrN3O2S/c13-9-7-11(12(14)15-8-9)19(17,18)16-10-5-3-1-2-4-6-10/h7-8,10,16H,1-6H2,(H2,14,15). The van der Waals surface area contributed by atoms with Crippen LogP contribution in [-0.2, 0) is 10.0 Å². The van der Waals surface area contributed by atoms with Crippen molar-refractivity contribution in [1.29, 1.82) is 0 Å². The van der Waals surface area contributed by atoms with Gasteiger partial charge in [-0.15, -0.1) is 0 Å². The lowest BCUT2D eigenvalue weighted by Crippen LogP contribution is -2.34. The second kappa shape index (κ2) is 6.19. The summed E-state index contributed by atoms with van der Waals surface area (Å²) < 4.78 is 28.0. The Kier molecular flexibility index (Phi) is 4.81. The van der Waals surface area contributed by atoms with Gasteiger partial charge in [0.25, 0.3) is 0 Å². The van der Waals surface area contributed by atoms with Crippen LogP contribution in [-0.4, -0.2) is 19.4 Å². The summed E-state index contributed by atoms with van der Waals surface area (Å²) in [5.41, 5.74) is 5.66. The smallest absolute Gasteiger partial charge is 0.244 e. The molecule has 106 valence electrons.